The number of hydrogen-bond acceptors (Lipinski definition) is 4. The first kappa shape index (κ1) is 11.9. The lowest BCUT2D eigenvalue weighted by atomic mass is 9.80. The lowest BCUT2D eigenvalue weighted by Gasteiger charge is -2.29. The van der Waals surface area contributed by atoms with Crippen LogP contribution in [0.25, 0.3) is 0 Å². The van der Waals surface area contributed by atoms with Gasteiger partial charge in [-0.2, -0.15) is 0 Å². The van der Waals surface area contributed by atoms with Gasteiger partial charge in [0, 0.05) is 6.04 Å². The molecule has 0 heterocycles. The van der Waals surface area contributed by atoms with Crippen molar-refractivity contribution >= 4 is 5.97 Å². The second-order valence-electron chi connectivity index (χ2n) is 4.26. The molecule has 1 aliphatic carbocycles. The molecule has 0 amide bonds. The van der Waals surface area contributed by atoms with E-state index in [1.807, 2.05) is 18.2 Å². The van der Waals surface area contributed by atoms with Crippen molar-refractivity contribution in [2.24, 2.45) is 11.7 Å². The maximum Gasteiger partial charge on any atom is 0.310 e. The van der Waals surface area contributed by atoms with Crippen molar-refractivity contribution in [2.75, 3.05) is 14.2 Å². The van der Waals surface area contributed by atoms with Gasteiger partial charge < -0.3 is 15.2 Å². The molecule has 2 N–H and O–H groups in total. The Labute approximate surface area is 101 Å². The minimum atomic E-state index is -0.280. The number of carbonyl (C=O) groups excluding carboxylic acids is 1. The largest absolute Gasteiger partial charge is 0.497 e. The number of hydrogen-bond donors (Lipinski definition) is 1. The van der Waals surface area contributed by atoms with Crippen LogP contribution in [0.2, 0.25) is 0 Å². The normalized spacial score (nSPS) is 22.8. The van der Waals surface area contributed by atoms with E-state index in [1.165, 1.54) is 7.11 Å². The van der Waals surface area contributed by atoms with E-state index in [2.05, 4.69) is 0 Å². The predicted octanol–water partition coefficient (Wildman–Crippen LogP) is 1.43. The number of methoxy groups -OCH3 is 2. The summed E-state index contributed by atoms with van der Waals surface area (Å²) in [5.41, 5.74) is 8.30. The van der Waals surface area contributed by atoms with Crippen molar-refractivity contribution in [2.45, 2.75) is 18.9 Å². The van der Waals surface area contributed by atoms with E-state index in [-0.39, 0.29) is 17.9 Å². The number of benzene rings is 1. The first-order valence-electron chi connectivity index (χ1n) is 5.67. The molecule has 0 spiro atoms. The molecule has 0 saturated heterocycles. The van der Waals surface area contributed by atoms with Crippen molar-refractivity contribution in [3.05, 3.63) is 29.3 Å². The fourth-order valence-corrected chi connectivity index (χ4v) is 2.37. The zero-order valence-corrected chi connectivity index (χ0v) is 10.1. The van der Waals surface area contributed by atoms with Gasteiger partial charge in [0.05, 0.1) is 20.1 Å². The summed E-state index contributed by atoms with van der Waals surface area (Å²) in [6.45, 7) is 0. The minimum Gasteiger partial charge on any atom is -0.497 e. The molecule has 2 rings (SSSR count). The van der Waals surface area contributed by atoms with E-state index in [9.17, 15) is 4.79 Å². The maximum absolute atomic E-state index is 11.6. The first-order valence-corrected chi connectivity index (χ1v) is 5.67. The molecule has 0 radical (unpaired) electrons. The lowest BCUT2D eigenvalue weighted by Crippen LogP contribution is -2.33. The average molecular weight is 235 g/mol. The molecule has 0 fully saturated rings. The van der Waals surface area contributed by atoms with Crippen LogP contribution in [0, 0.1) is 5.92 Å². The van der Waals surface area contributed by atoms with Crippen molar-refractivity contribution in [1.29, 1.82) is 0 Å². The van der Waals surface area contributed by atoms with Gasteiger partial charge in [0.1, 0.15) is 5.75 Å². The van der Waals surface area contributed by atoms with E-state index in [4.69, 9.17) is 15.2 Å². The molecule has 17 heavy (non-hydrogen) atoms. The van der Waals surface area contributed by atoms with Crippen molar-refractivity contribution < 1.29 is 14.3 Å². The highest BCUT2D eigenvalue weighted by Crippen LogP contribution is 2.35. The molecule has 4 nitrogen and oxygen atoms in total. The van der Waals surface area contributed by atoms with Crippen LogP contribution in [0.5, 0.6) is 5.75 Å². The summed E-state index contributed by atoms with van der Waals surface area (Å²) in [7, 11) is 3.04. The third kappa shape index (κ3) is 2.13. The smallest absolute Gasteiger partial charge is 0.310 e. The molecule has 0 aromatic heterocycles. The summed E-state index contributed by atoms with van der Waals surface area (Å²) >= 11 is 0. The first-order chi connectivity index (χ1) is 8.17. The molecule has 1 aliphatic rings. The van der Waals surface area contributed by atoms with E-state index >= 15 is 0 Å². The number of esters is 1. The fraction of sp³-hybridized carbons (Fsp3) is 0.462. The van der Waals surface area contributed by atoms with Gasteiger partial charge in [-0.05, 0) is 36.1 Å². The van der Waals surface area contributed by atoms with Gasteiger partial charge in [-0.1, -0.05) is 6.07 Å². The Kier molecular flexibility index (Phi) is 3.33. The third-order valence-electron chi connectivity index (χ3n) is 3.37. The summed E-state index contributed by atoms with van der Waals surface area (Å²) in [6.07, 6.45) is 1.56. The Morgan fingerprint density at radius 2 is 2.18 bits per heavy atom. The van der Waals surface area contributed by atoms with Crippen molar-refractivity contribution in [1.82, 2.24) is 0 Å². The zero-order chi connectivity index (χ0) is 12.4. The summed E-state index contributed by atoms with van der Waals surface area (Å²) < 4.78 is 9.95. The van der Waals surface area contributed by atoms with Gasteiger partial charge in [0.15, 0.2) is 0 Å². The zero-order valence-electron chi connectivity index (χ0n) is 10.1. The summed E-state index contributed by atoms with van der Waals surface area (Å²) in [4.78, 5) is 11.6. The van der Waals surface area contributed by atoms with Crippen LogP contribution in [0.3, 0.4) is 0 Å². The van der Waals surface area contributed by atoms with E-state index in [1.54, 1.807) is 7.11 Å². The van der Waals surface area contributed by atoms with Crippen LogP contribution in [-0.2, 0) is 16.0 Å². The van der Waals surface area contributed by atoms with E-state index < -0.39 is 0 Å². The quantitative estimate of drug-likeness (QED) is 0.788. The molecule has 0 bridgehead atoms. The molecule has 0 saturated carbocycles. The van der Waals surface area contributed by atoms with Gasteiger partial charge in [0.25, 0.3) is 0 Å². The highest BCUT2D eigenvalue weighted by molar-refractivity contribution is 5.74. The molecule has 0 aliphatic heterocycles. The number of nitrogens with two attached hydrogens (primary N) is 1. The molecule has 1 aromatic carbocycles. The Balaban J connectivity index is 2.30. The van der Waals surface area contributed by atoms with Crippen LogP contribution < -0.4 is 10.5 Å². The standard InChI is InChI=1S/C13H17NO3/c1-16-9-4-6-10-8(7-9)3-5-11(12(10)14)13(15)17-2/h4,6-7,11-12H,3,5,14H2,1-2H3/t11-,12+/m1/s1. The lowest BCUT2D eigenvalue weighted by molar-refractivity contribution is -0.146. The van der Waals surface area contributed by atoms with Gasteiger partial charge in [0.2, 0.25) is 0 Å². The highest BCUT2D eigenvalue weighted by Gasteiger charge is 2.32. The molecule has 0 unspecified atom stereocenters. The van der Waals surface area contributed by atoms with Crippen molar-refractivity contribution in [3.63, 3.8) is 0 Å². The van der Waals surface area contributed by atoms with Crippen LogP contribution in [-0.4, -0.2) is 20.2 Å². The van der Waals surface area contributed by atoms with E-state index in [0.717, 1.165) is 29.7 Å². The van der Waals surface area contributed by atoms with Gasteiger partial charge in [-0.3, -0.25) is 4.79 Å². The average Bonchev–Trinajstić information content (AvgIpc) is 2.38. The van der Waals surface area contributed by atoms with Crippen LogP contribution >= 0.6 is 0 Å². The minimum absolute atomic E-state index is 0.223. The van der Waals surface area contributed by atoms with Gasteiger partial charge >= 0.3 is 5.97 Å². The molecular formula is C13H17NO3. The summed E-state index contributed by atoms with van der Waals surface area (Å²) in [5.74, 6) is 0.368. The molecule has 1 aromatic rings. The SMILES string of the molecule is COC(=O)[C@@H]1CCc2cc(OC)ccc2[C@@H]1N. The number of carbonyl (C=O) groups is 1. The fourth-order valence-electron chi connectivity index (χ4n) is 2.37. The number of fused-ring (bicyclic) bond motifs is 1. The Morgan fingerprint density at radius 1 is 1.41 bits per heavy atom. The molecular weight excluding hydrogens is 218 g/mol. The van der Waals surface area contributed by atoms with Gasteiger partial charge in [-0.15, -0.1) is 0 Å². The second-order valence-corrected chi connectivity index (χ2v) is 4.26. The molecule has 92 valence electrons. The van der Waals surface area contributed by atoms with Crippen LogP contribution in [0.15, 0.2) is 18.2 Å². The Bertz CT molecular complexity index is 431. The second kappa shape index (κ2) is 4.75. The van der Waals surface area contributed by atoms with Crippen LogP contribution in [0.4, 0.5) is 0 Å². The number of rotatable bonds is 2. The Hall–Kier alpha value is -1.55. The van der Waals surface area contributed by atoms with E-state index in [0.29, 0.717) is 0 Å². The maximum atomic E-state index is 11.6. The predicted molar refractivity (Wildman–Crippen MR) is 63.7 cm³/mol. The van der Waals surface area contributed by atoms with Crippen LogP contribution in [0.1, 0.15) is 23.6 Å². The number of ether oxygens (including phenoxy) is 2. The molecule has 2 atom stereocenters. The molecule has 4 heteroatoms. The monoisotopic (exact) mass is 235 g/mol. The van der Waals surface area contributed by atoms with Crippen molar-refractivity contribution in [3.8, 4) is 5.75 Å². The number of aryl methyl sites for hydroxylation is 1. The highest BCUT2D eigenvalue weighted by atomic mass is 16.5. The topological polar surface area (TPSA) is 61.5 Å². The van der Waals surface area contributed by atoms with Gasteiger partial charge in [-0.25, -0.2) is 0 Å². The Morgan fingerprint density at radius 3 is 2.82 bits per heavy atom. The third-order valence-corrected chi connectivity index (χ3v) is 3.37. The summed E-state index contributed by atoms with van der Waals surface area (Å²) in [5, 5.41) is 0. The summed E-state index contributed by atoms with van der Waals surface area (Å²) in [6, 6.07) is 5.52.